The van der Waals surface area contributed by atoms with Gasteiger partial charge in [-0.2, -0.15) is 0 Å². The molecule has 0 aromatic heterocycles. The number of hydrogen-bond acceptors (Lipinski definition) is 6. The number of carboxylic acid groups (broad SMARTS) is 2. The average Bonchev–Trinajstić information content (AvgIpc) is 3.07. The Balaban J connectivity index is -0.000000310. The average molecular weight is 715 g/mol. The minimum atomic E-state index is -0.688. The van der Waals surface area contributed by atoms with Crippen molar-refractivity contribution in [3.8, 4) is 0 Å². The number of esters is 2. The molecule has 0 amide bonds. The van der Waals surface area contributed by atoms with Gasteiger partial charge in [-0.05, 0) is 50.4 Å². The lowest BCUT2D eigenvalue weighted by Crippen LogP contribution is -2.25. The molecule has 4 unspecified atom stereocenters. The van der Waals surface area contributed by atoms with Gasteiger partial charge in [-0.1, -0.05) is 160 Å². The van der Waals surface area contributed by atoms with Crippen LogP contribution >= 0.6 is 0 Å². The first-order chi connectivity index (χ1) is 23.6. The maximum atomic E-state index is 12.3. The number of ether oxygens (including phenoxy) is 2. The second-order valence-corrected chi connectivity index (χ2v) is 14.1. The van der Waals surface area contributed by atoms with Crippen molar-refractivity contribution in [3.05, 3.63) is 12.2 Å². The fourth-order valence-electron chi connectivity index (χ4n) is 4.80. The van der Waals surface area contributed by atoms with E-state index in [0.717, 1.165) is 51.4 Å². The number of aliphatic carboxylic acids is 2. The zero-order valence-corrected chi connectivity index (χ0v) is 34.6. The largest absolute Gasteiger partial charge is 0.481 e. The summed E-state index contributed by atoms with van der Waals surface area (Å²) in [6.45, 7) is 27.2. The summed E-state index contributed by atoms with van der Waals surface area (Å²) in [7, 11) is 0. The lowest BCUT2D eigenvalue weighted by Gasteiger charge is -2.23. The first kappa shape index (κ1) is 54.4. The topological polar surface area (TPSA) is 127 Å². The Hall–Kier alpha value is -2.38. The van der Waals surface area contributed by atoms with Crippen molar-refractivity contribution in [1.82, 2.24) is 0 Å². The standard InChI is InChI=1S/C19H38O2.C11H20O2.2C6H12O2/c1-6-8-10-12-14-21-19(20)18(16(3)4)15-17(5)13-11-9-7-2;1-4-6-7-8-9-13-11(12)10(3)5-2;2*1-3-4-5(2)6(7)8/h16-18H,6-15H2,1-5H3;3-9H2,1-2H3;2*5H,3-4H2,1-2H3,(H,7,8). The molecule has 0 heterocycles. The van der Waals surface area contributed by atoms with E-state index < -0.39 is 11.9 Å². The van der Waals surface area contributed by atoms with E-state index >= 15 is 0 Å². The molecule has 8 heteroatoms. The second-order valence-electron chi connectivity index (χ2n) is 14.1. The highest BCUT2D eigenvalue weighted by molar-refractivity contribution is 5.87. The summed E-state index contributed by atoms with van der Waals surface area (Å²) in [6.07, 6.45) is 19.4. The van der Waals surface area contributed by atoms with Gasteiger partial charge >= 0.3 is 23.9 Å². The molecular weight excluding hydrogens is 632 g/mol. The number of unbranched alkanes of at least 4 members (excludes halogenated alkanes) is 8. The van der Waals surface area contributed by atoms with Crippen molar-refractivity contribution in [2.24, 2.45) is 29.6 Å². The van der Waals surface area contributed by atoms with E-state index in [1.165, 1.54) is 57.8 Å². The Morgan fingerprint density at radius 1 is 0.560 bits per heavy atom. The van der Waals surface area contributed by atoms with Gasteiger partial charge in [0.25, 0.3) is 0 Å². The minimum absolute atomic E-state index is 0.0313. The summed E-state index contributed by atoms with van der Waals surface area (Å²) in [5.74, 6) is -0.840. The summed E-state index contributed by atoms with van der Waals surface area (Å²) in [5.41, 5.74) is 0.565. The lowest BCUT2D eigenvalue weighted by atomic mass is 9.85. The third-order valence-electron chi connectivity index (χ3n) is 8.54. The fourth-order valence-corrected chi connectivity index (χ4v) is 4.80. The molecule has 0 aromatic carbocycles. The summed E-state index contributed by atoms with van der Waals surface area (Å²) in [5, 5.41) is 16.6. The molecule has 2 N–H and O–H groups in total. The summed E-state index contributed by atoms with van der Waals surface area (Å²) in [4.78, 5) is 43.5. The van der Waals surface area contributed by atoms with Gasteiger partial charge in [0.15, 0.2) is 0 Å². The predicted molar refractivity (Wildman–Crippen MR) is 209 cm³/mol. The Morgan fingerprint density at radius 3 is 1.32 bits per heavy atom. The molecule has 0 saturated heterocycles. The molecule has 0 bridgehead atoms. The zero-order valence-electron chi connectivity index (χ0n) is 34.6. The minimum Gasteiger partial charge on any atom is -0.481 e. The van der Waals surface area contributed by atoms with Gasteiger partial charge in [0, 0.05) is 5.57 Å². The van der Waals surface area contributed by atoms with Crippen molar-refractivity contribution in [2.75, 3.05) is 13.2 Å². The van der Waals surface area contributed by atoms with Crippen LogP contribution in [0.1, 0.15) is 192 Å². The van der Waals surface area contributed by atoms with E-state index in [9.17, 15) is 19.2 Å². The summed E-state index contributed by atoms with van der Waals surface area (Å²) in [6, 6.07) is 0. The van der Waals surface area contributed by atoms with Crippen molar-refractivity contribution in [2.45, 2.75) is 192 Å². The van der Waals surface area contributed by atoms with E-state index in [0.29, 0.717) is 37.0 Å². The second kappa shape index (κ2) is 39.4. The van der Waals surface area contributed by atoms with Gasteiger partial charge in [0.05, 0.1) is 31.0 Å². The predicted octanol–water partition coefficient (Wildman–Crippen LogP) is 12.1. The third kappa shape index (κ3) is 38.4. The maximum absolute atomic E-state index is 12.3. The maximum Gasteiger partial charge on any atom is 0.333 e. The Bertz CT molecular complexity index is 801. The van der Waals surface area contributed by atoms with Gasteiger partial charge in [0.2, 0.25) is 0 Å². The molecule has 0 saturated carbocycles. The molecular formula is C42H82O8. The smallest absolute Gasteiger partial charge is 0.333 e. The highest BCUT2D eigenvalue weighted by atomic mass is 16.5. The van der Waals surface area contributed by atoms with Crippen LogP contribution in [0.15, 0.2) is 12.2 Å². The number of hydrogen-bond donors (Lipinski definition) is 2. The molecule has 298 valence electrons. The zero-order chi connectivity index (χ0) is 39.3. The van der Waals surface area contributed by atoms with E-state index in [2.05, 4.69) is 48.1 Å². The molecule has 0 aliphatic carbocycles. The number of rotatable bonds is 26. The van der Waals surface area contributed by atoms with Crippen LogP contribution in [0.2, 0.25) is 0 Å². The Morgan fingerprint density at radius 2 is 0.980 bits per heavy atom. The normalized spacial score (nSPS) is 12.7. The van der Waals surface area contributed by atoms with Crippen LogP contribution in [0.3, 0.4) is 0 Å². The quantitative estimate of drug-likeness (QED) is 0.0515. The first-order valence-corrected chi connectivity index (χ1v) is 20.1. The fraction of sp³-hybridized carbons (Fsp3) is 0.857. The molecule has 0 rings (SSSR count). The van der Waals surface area contributed by atoms with Gasteiger partial charge < -0.3 is 19.7 Å². The molecule has 0 aromatic rings. The van der Waals surface area contributed by atoms with Crippen LogP contribution in [0.4, 0.5) is 0 Å². The molecule has 0 spiro atoms. The summed E-state index contributed by atoms with van der Waals surface area (Å²) < 4.78 is 10.5. The van der Waals surface area contributed by atoms with Crippen LogP contribution in [0.5, 0.6) is 0 Å². The summed E-state index contributed by atoms with van der Waals surface area (Å²) >= 11 is 0. The van der Waals surface area contributed by atoms with Crippen LogP contribution in [-0.4, -0.2) is 47.3 Å². The highest BCUT2D eigenvalue weighted by Crippen LogP contribution is 2.25. The van der Waals surface area contributed by atoms with E-state index in [1.807, 2.05) is 20.8 Å². The van der Waals surface area contributed by atoms with Crippen LogP contribution in [0, 0.1) is 29.6 Å². The molecule has 4 atom stereocenters. The van der Waals surface area contributed by atoms with Gasteiger partial charge in [-0.15, -0.1) is 0 Å². The van der Waals surface area contributed by atoms with Gasteiger partial charge in [0.1, 0.15) is 0 Å². The molecule has 0 radical (unpaired) electrons. The molecule has 0 aliphatic heterocycles. The van der Waals surface area contributed by atoms with Crippen LogP contribution < -0.4 is 0 Å². The molecule has 0 fully saturated rings. The van der Waals surface area contributed by atoms with Crippen molar-refractivity contribution < 1.29 is 38.9 Å². The van der Waals surface area contributed by atoms with Gasteiger partial charge in [-0.3, -0.25) is 14.4 Å². The highest BCUT2D eigenvalue weighted by Gasteiger charge is 2.25. The van der Waals surface area contributed by atoms with E-state index in [1.54, 1.807) is 13.8 Å². The SMILES string of the molecule is C=C(CC)C(=O)OCCCCCC.CCCC(C)C(=O)O.CCCC(C)C(=O)O.CCCCCCOC(=O)C(CC(C)CCCCC)C(C)C. The van der Waals surface area contributed by atoms with Crippen molar-refractivity contribution >= 4 is 23.9 Å². The molecule has 0 aliphatic rings. The number of carboxylic acids is 2. The van der Waals surface area contributed by atoms with Crippen LogP contribution in [0.25, 0.3) is 0 Å². The Labute approximate surface area is 308 Å². The first-order valence-electron chi connectivity index (χ1n) is 20.1. The van der Waals surface area contributed by atoms with Crippen molar-refractivity contribution in [1.29, 1.82) is 0 Å². The monoisotopic (exact) mass is 715 g/mol. The van der Waals surface area contributed by atoms with E-state index in [4.69, 9.17) is 19.7 Å². The molecule has 50 heavy (non-hydrogen) atoms. The van der Waals surface area contributed by atoms with Crippen molar-refractivity contribution in [3.63, 3.8) is 0 Å². The van der Waals surface area contributed by atoms with Crippen LogP contribution in [-0.2, 0) is 28.7 Å². The number of carbonyl (C=O) groups is 4. The number of carbonyl (C=O) groups excluding carboxylic acids is 2. The Kier molecular flexibility index (Phi) is 42.9. The van der Waals surface area contributed by atoms with E-state index in [-0.39, 0.29) is 29.7 Å². The third-order valence-corrected chi connectivity index (χ3v) is 8.54. The molecule has 8 nitrogen and oxygen atoms in total. The lowest BCUT2D eigenvalue weighted by molar-refractivity contribution is -0.151. The van der Waals surface area contributed by atoms with Gasteiger partial charge in [-0.25, -0.2) is 4.79 Å².